The van der Waals surface area contributed by atoms with Gasteiger partial charge in [0, 0.05) is 35.9 Å². The van der Waals surface area contributed by atoms with Crippen LogP contribution in [0.15, 0.2) is 66.9 Å². The number of aromatic nitrogens is 1. The summed E-state index contributed by atoms with van der Waals surface area (Å²) >= 11 is 0. The standard InChI is InChI=1S/C33H34F2N4O5/c1-20(22-10-13-36-14-11-22)43-31-19-27-25(18-30(31)42-2)28(12-16-37-27)44-29-8-7-24(17-26(29)35)39-33(41)32(40)38-15-9-21-3-5-23(34)6-4-21/h3-8,12,16-20,22,36H,9-11,13-15H2,1-2H3,(H,38,40)(H,39,41). The number of nitrogens with one attached hydrogen (secondary N) is 3. The maximum absolute atomic E-state index is 15.1. The van der Waals surface area contributed by atoms with Crippen LogP contribution in [0.5, 0.6) is 23.0 Å². The first-order chi connectivity index (χ1) is 21.3. The third kappa shape index (κ3) is 7.59. The first kappa shape index (κ1) is 30.7. The largest absolute Gasteiger partial charge is 0.493 e. The second-order valence-electron chi connectivity index (χ2n) is 10.6. The highest BCUT2D eigenvalue weighted by molar-refractivity contribution is 6.39. The number of hydrogen-bond acceptors (Lipinski definition) is 7. The topological polar surface area (TPSA) is 111 Å². The number of rotatable bonds is 10. The highest BCUT2D eigenvalue weighted by Crippen LogP contribution is 2.39. The van der Waals surface area contributed by atoms with Gasteiger partial charge >= 0.3 is 11.8 Å². The molecule has 3 N–H and O–H groups in total. The lowest BCUT2D eigenvalue weighted by Gasteiger charge is -2.29. The lowest BCUT2D eigenvalue weighted by atomic mass is 9.93. The molecule has 1 atom stereocenters. The fourth-order valence-electron chi connectivity index (χ4n) is 5.10. The normalized spacial score (nSPS) is 14.1. The summed E-state index contributed by atoms with van der Waals surface area (Å²) in [5.41, 5.74) is 1.48. The van der Waals surface area contributed by atoms with Crippen LogP contribution >= 0.6 is 0 Å². The molecule has 0 saturated carbocycles. The molecule has 0 bridgehead atoms. The molecule has 11 heteroatoms. The number of ether oxygens (including phenoxy) is 3. The minimum absolute atomic E-state index is 0.0107. The highest BCUT2D eigenvalue weighted by atomic mass is 19.1. The third-order valence-electron chi connectivity index (χ3n) is 7.58. The van der Waals surface area contributed by atoms with Crippen LogP contribution in [-0.2, 0) is 16.0 Å². The molecule has 1 aliphatic rings. The Bertz CT molecular complexity index is 1630. The second-order valence-corrected chi connectivity index (χ2v) is 10.6. The zero-order valence-electron chi connectivity index (χ0n) is 24.5. The van der Waals surface area contributed by atoms with Crippen molar-refractivity contribution in [3.63, 3.8) is 0 Å². The number of fused-ring (bicyclic) bond motifs is 1. The Kier molecular flexibility index (Phi) is 9.86. The number of carbonyl (C=O) groups excluding carboxylic acids is 2. The Morgan fingerprint density at radius 1 is 0.955 bits per heavy atom. The van der Waals surface area contributed by atoms with E-state index in [1.807, 2.05) is 0 Å². The van der Waals surface area contributed by atoms with Crippen molar-refractivity contribution in [1.29, 1.82) is 0 Å². The van der Waals surface area contributed by atoms with Gasteiger partial charge in [-0.2, -0.15) is 0 Å². The van der Waals surface area contributed by atoms with Gasteiger partial charge in [-0.25, -0.2) is 8.78 Å². The van der Waals surface area contributed by atoms with Crippen molar-refractivity contribution in [2.75, 3.05) is 32.1 Å². The lowest BCUT2D eigenvalue weighted by molar-refractivity contribution is -0.136. The molecule has 1 aliphatic heterocycles. The van der Waals surface area contributed by atoms with Crippen molar-refractivity contribution in [3.8, 4) is 23.0 Å². The summed E-state index contributed by atoms with van der Waals surface area (Å²) in [4.78, 5) is 29.0. The number of hydrogen-bond donors (Lipinski definition) is 3. The van der Waals surface area contributed by atoms with E-state index < -0.39 is 17.6 Å². The van der Waals surface area contributed by atoms with E-state index in [4.69, 9.17) is 14.2 Å². The molecule has 4 aromatic rings. The lowest BCUT2D eigenvalue weighted by Crippen LogP contribution is -2.36. The van der Waals surface area contributed by atoms with E-state index in [0.29, 0.717) is 40.5 Å². The van der Waals surface area contributed by atoms with Crippen molar-refractivity contribution in [1.82, 2.24) is 15.6 Å². The van der Waals surface area contributed by atoms with Crippen molar-refractivity contribution in [2.45, 2.75) is 32.3 Å². The maximum Gasteiger partial charge on any atom is 0.313 e. The van der Waals surface area contributed by atoms with Crippen LogP contribution in [0.1, 0.15) is 25.3 Å². The van der Waals surface area contributed by atoms with E-state index in [1.165, 1.54) is 24.3 Å². The summed E-state index contributed by atoms with van der Waals surface area (Å²) in [6, 6.07) is 14.9. The number of piperidine rings is 1. The zero-order chi connectivity index (χ0) is 31.1. The number of nitrogens with zero attached hydrogens (tertiary/aromatic N) is 1. The summed E-state index contributed by atoms with van der Waals surface area (Å²) in [5, 5.41) is 8.83. The van der Waals surface area contributed by atoms with Gasteiger partial charge in [0.15, 0.2) is 23.1 Å². The summed E-state index contributed by atoms with van der Waals surface area (Å²) in [7, 11) is 1.55. The quantitative estimate of drug-likeness (QED) is 0.209. The molecule has 230 valence electrons. The number of amides is 2. The van der Waals surface area contributed by atoms with Gasteiger partial charge in [0.1, 0.15) is 11.6 Å². The second kappa shape index (κ2) is 14.1. The average Bonchev–Trinajstić information content (AvgIpc) is 3.03. The third-order valence-corrected chi connectivity index (χ3v) is 7.58. The summed E-state index contributed by atoms with van der Waals surface area (Å²) in [5.74, 6) is -1.15. The van der Waals surface area contributed by atoms with Gasteiger partial charge in [-0.3, -0.25) is 14.6 Å². The van der Waals surface area contributed by atoms with Crippen LogP contribution in [0.3, 0.4) is 0 Å². The summed E-state index contributed by atoms with van der Waals surface area (Å²) in [6.07, 6.45) is 4.04. The minimum Gasteiger partial charge on any atom is -0.493 e. The molecule has 0 radical (unpaired) electrons. The van der Waals surface area contributed by atoms with Gasteiger partial charge < -0.3 is 30.2 Å². The molecule has 2 amide bonds. The van der Waals surface area contributed by atoms with Gasteiger partial charge in [-0.05, 0) is 87.2 Å². The molecule has 0 spiro atoms. The molecule has 3 aromatic carbocycles. The van der Waals surface area contributed by atoms with Crippen LogP contribution in [-0.4, -0.2) is 49.6 Å². The first-order valence-corrected chi connectivity index (χ1v) is 14.5. The fourth-order valence-corrected chi connectivity index (χ4v) is 5.10. The molecule has 1 saturated heterocycles. The molecule has 1 unspecified atom stereocenters. The number of halogens is 2. The van der Waals surface area contributed by atoms with E-state index in [1.54, 1.807) is 43.6 Å². The molecule has 0 aliphatic carbocycles. The minimum atomic E-state index is -0.947. The molecule has 2 heterocycles. The highest BCUT2D eigenvalue weighted by Gasteiger charge is 2.23. The molecule has 9 nitrogen and oxygen atoms in total. The van der Waals surface area contributed by atoms with Gasteiger partial charge in [-0.1, -0.05) is 12.1 Å². The molecular weight excluding hydrogens is 570 g/mol. The number of carbonyl (C=O) groups is 2. The molecule has 44 heavy (non-hydrogen) atoms. The van der Waals surface area contributed by atoms with Crippen LogP contribution in [0.25, 0.3) is 10.9 Å². The van der Waals surface area contributed by atoms with Crippen LogP contribution in [0.4, 0.5) is 14.5 Å². The Morgan fingerprint density at radius 3 is 2.45 bits per heavy atom. The smallest absolute Gasteiger partial charge is 0.313 e. The Balaban J connectivity index is 1.23. The van der Waals surface area contributed by atoms with Crippen molar-refractivity contribution in [3.05, 3.63) is 84.1 Å². The van der Waals surface area contributed by atoms with Gasteiger partial charge in [0.25, 0.3) is 0 Å². The van der Waals surface area contributed by atoms with E-state index in [2.05, 4.69) is 27.9 Å². The SMILES string of the molecule is COc1cc2c(Oc3ccc(NC(=O)C(=O)NCCc4ccc(F)cc4)cc3F)ccnc2cc1OC(C)C1CCNCC1. The average molecular weight is 605 g/mol. The predicted octanol–water partition coefficient (Wildman–Crippen LogP) is 5.38. The van der Waals surface area contributed by atoms with Crippen LogP contribution in [0.2, 0.25) is 0 Å². The van der Waals surface area contributed by atoms with Gasteiger partial charge in [0.2, 0.25) is 0 Å². The van der Waals surface area contributed by atoms with Gasteiger partial charge in [0.05, 0.1) is 18.7 Å². The molecular formula is C33H34F2N4O5. The monoisotopic (exact) mass is 604 g/mol. The number of methoxy groups -OCH3 is 1. The fraction of sp³-hybridized carbons (Fsp3) is 0.303. The predicted molar refractivity (Wildman–Crippen MR) is 162 cm³/mol. The van der Waals surface area contributed by atoms with Gasteiger partial charge in [-0.15, -0.1) is 0 Å². The number of pyridine rings is 1. The zero-order valence-corrected chi connectivity index (χ0v) is 24.5. The van der Waals surface area contributed by atoms with Crippen molar-refractivity contribution >= 4 is 28.4 Å². The maximum atomic E-state index is 15.1. The van der Waals surface area contributed by atoms with Crippen molar-refractivity contribution < 1.29 is 32.6 Å². The number of anilines is 1. The first-order valence-electron chi connectivity index (χ1n) is 14.5. The molecule has 1 aromatic heterocycles. The van der Waals surface area contributed by atoms with Crippen LogP contribution in [0, 0.1) is 17.6 Å². The van der Waals surface area contributed by atoms with Crippen molar-refractivity contribution in [2.24, 2.45) is 5.92 Å². The Morgan fingerprint density at radius 2 is 1.73 bits per heavy atom. The molecule has 5 rings (SSSR count). The van der Waals surface area contributed by atoms with Crippen LogP contribution < -0.4 is 30.2 Å². The number of benzene rings is 3. The van der Waals surface area contributed by atoms with E-state index in [9.17, 15) is 14.0 Å². The molecule has 1 fully saturated rings. The Labute approximate surface area is 253 Å². The summed E-state index contributed by atoms with van der Waals surface area (Å²) in [6.45, 7) is 4.17. The van der Waals surface area contributed by atoms with E-state index >= 15 is 4.39 Å². The van der Waals surface area contributed by atoms with E-state index in [0.717, 1.165) is 37.6 Å². The Hall–Kier alpha value is -4.77. The van der Waals surface area contributed by atoms with E-state index in [-0.39, 0.29) is 29.9 Å². The summed E-state index contributed by atoms with van der Waals surface area (Å²) < 4.78 is 45.9.